The summed E-state index contributed by atoms with van der Waals surface area (Å²) in [5, 5.41) is 0.591. The Labute approximate surface area is 124 Å². The minimum atomic E-state index is -0.528. The normalized spacial score (nSPS) is 12.8. The van der Waals surface area contributed by atoms with Crippen LogP contribution in [-0.4, -0.2) is 0 Å². The van der Waals surface area contributed by atoms with Gasteiger partial charge in [-0.25, -0.2) is 4.39 Å². The topological polar surface area (TPSA) is 26.0 Å². The molecule has 0 bridgehead atoms. The first-order valence-electron chi connectivity index (χ1n) is 4.65. The highest BCUT2D eigenvalue weighted by Gasteiger charge is 2.19. The Morgan fingerprint density at radius 3 is 2.59 bits per heavy atom. The van der Waals surface area contributed by atoms with E-state index in [9.17, 15) is 4.39 Å². The van der Waals surface area contributed by atoms with Crippen molar-refractivity contribution in [3.63, 3.8) is 0 Å². The van der Waals surface area contributed by atoms with Gasteiger partial charge >= 0.3 is 0 Å². The maximum absolute atomic E-state index is 13.7. The number of thiophene rings is 1. The molecule has 1 aromatic heterocycles. The molecule has 17 heavy (non-hydrogen) atoms. The molecule has 90 valence electrons. The highest BCUT2D eigenvalue weighted by molar-refractivity contribution is 9.11. The predicted molar refractivity (Wildman–Crippen MR) is 77.2 cm³/mol. The second-order valence-electron chi connectivity index (χ2n) is 3.38. The van der Waals surface area contributed by atoms with Crippen molar-refractivity contribution >= 4 is 54.8 Å². The standard InChI is InChI=1S/C11H7Br2ClFNS/c12-5-2-1-3-7(15)9(5)10(16)8-4-6(14)11(13)17-8/h1-4,10H,16H2. The third-order valence-electron chi connectivity index (χ3n) is 2.28. The SMILES string of the molecule is NC(c1cc(Cl)c(Br)s1)c1c(F)cccc1Br. The van der Waals surface area contributed by atoms with E-state index in [1.165, 1.54) is 17.4 Å². The summed E-state index contributed by atoms with van der Waals surface area (Å²) in [5.74, 6) is -0.326. The lowest BCUT2D eigenvalue weighted by Gasteiger charge is -2.12. The van der Waals surface area contributed by atoms with Gasteiger partial charge < -0.3 is 5.73 Å². The molecule has 0 fully saturated rings. The zero-order valence-electron chi connectivity index (χ0n) is 8.38. The number of nitrogens with two attached hydrogens (primary N) is 1. The fraction of sp³-hybridized carbons (Fsp3) is 0.0909. The van der Waals surface area contributed by atoms with Crippen molar-refractivity contribution in [3.05, 3.63) is 53.8 Å². The maximum Gasteiger partial charge on any atom is 0.129 e. The molecule has 2 N–H and O–H groups in total. The smallest absolute Gasteiger partial charge is 0.129 e. The zero-order valence-corrected chi connectivity index (χ0v) is 13.1. The van der Waals surface area contributed by atoms with E-state index in [0.29, 0.717) is 15.1 Å². The quantitative estimate of drug-likeness (QED) is 0.746. The third kappa shape index (κ3) is 2.74. The Balaban J connectivity index is 2.47. The van der Waals surface area contributed by atoms with Crippen molar-refractivity contribution in [1.82, 2.24) is 0 Å². The lowest BCUT2D eigenvalue weighted by Crippen LogP contribution is -2.12. The number of rotatable bonds is 2. The fourth-order valence-electron chi connectivity index (χ4n) is 1.47. The molecule has 0 aliphatic rings. The van der Waals surface area contributed by atoms with Crippen LogP contribution < -0.4 is 5.73 Å². The average molecular weight is 400 g/mol. The van der Waals surface area contributed by atoms with Gasteiger partial charge in [0.05, 0.1) is 14.9 Å². The van der Waals surface area contributed by atoms with E-state index in [4.69, 9.17) is 17.3 Å². The van der Waals surface area contributed by atoms with Gasteiger partial charge in [0.1, 0.15) is 5.82 Å². The van der Waals surface area contributed by atoms with Gasteiger partial charge in [0.2, 0.25) is 0 Å². The van der Waals surface area contributed by atoms with Gasteiger partial charge in [0.25, 0.3) is 0 Å². The molecule has 0 aliphatic heterocycles. The molecule has 1 heterocycles. The molecule has 0 saturated heterocycles. The van der Waals surface area contributed by atoms with Crippen LogP contribution in [0.25, 0.3) is 0 Å². The second kappa shape index (κ2) is 5.36. The van der Waals surface area contributed by atoms with Gasteiger partial charge in [-0.2, -0.15) is 0 Å². The first-order chi connectivity index (χ1) is 8.00. The van der Waals surface area contributed by atoms with E-state index in [1.54, 1.807) is 18.2 Å². The zero-order chi connectivity index (χ0) is 12.6. The summed E-state index contributed by atoms with van der Waals surface area (Å²) >= 11 is 14.0. The van der Waals surface area contributed by atoms with Gasteiger partial charge in [-0.3, -0.25) is 0 Å². The molecule has 2 aromatic rings. The van der Waals surface area contributed by atoms with Crippen molar-refractivity contribution in [2.24, 2.45) is 5.73 Å². The van der Waals surface area contributed by atoms with Crippen LogP contribution >= 0.6 is 54.8 Å². The molecule has 0 aliphatic carbocycles. The van der Waals surface area contributed by atoms with Crippen LogP contribution in [0, 0.1) is 5.82 Å². The summed E-state index contributed by atoms with van der Waals surface area (Å²) in [7, 11) is 0. The molecule has 0 radical (unpaired) electrons. The third-order valence-corrected chi connectivity index (χ3v) is 5.53. The van der Waals surface area contributed by atoms with Gasteiger partial charge in [0, 0.05) is 14.9 Å². The summed E-state index contributed by atoms with van der Waals surface area (Å²) in [6.07, 6.45) is 0. The Bertz CT molecular complexity index is 519. The average Bonchev–Trinajstić information content (AvgIpc) is 2.59. The molecular weight excluding hydrogens is 392 g/mol. The van der Waals surface area contributed by atoms with E-state index >= 15 is 0 Å². The second-order valence-corrected chi connectivity index (χ2v) is 7.05. The van der Waals surface area contributed by atoms with Crippen LogP contribution in [0.15, 0.2) is 32.5 Å². The largest absolute Gasteiger partial charge is 0.319 e. The van der Waals surface area contributed by atoms with Crippen LogP contribution in [-0.2, 0) is 0 Å². The van der Waals surface area contributed by atoms with Crippen LogP contribution in [0.4, 0.5) is 4.39 Å². The number of halogens is 4. The molecule has 1 aromatic carbocycles. The van der Waals surface area contributed by atoms with E-state index in [0.717, 1.165) is 8.66 Å². The summed E-state index contributed by atoms with van der Waals surface area (Å²) < 4.78 is 15.2. The lowest BCUT2D eigenvalue weighted by atomic mass is 10.1. The van der Waals surface area contributed by atoms with Crippen molar-refractivity contribution in [2.75, 3.05) is 0 Å². The van der Waals surface area contributed by atoms with Crippen LogP contribution in [0.1, 0.15) is 16.5 Å². The molecular formula is C11H7Br2ClFNS. The lowest BCUT2D eigenvalue weighted by molar-refractivity contribution is 0.599. The van der Waals surface area contributed by atoms with Gasteiger partial charge in [-0.15, -0.1) is 11.3 Å². The number of benzene rings is 1. The number of hydrogen-bond donors (Lipinski definition) is 1. The molecule has 0 saturated carbocycles. The van der Waals surface area contributed by atoms with Crippen molar-refractivity contribution in [1.29, 1.82) is 0 Å². The monoisotopic (exact) mass is 397 g/mol. The minimum absolute atomic E-state index is 0.326. The van der Waals surface area contributed by atoms with Crippen molar-refractivity contribution in [3.8, 4) is 0 Å². The first kappa shape index (κ1) is 13.5. The maximum atomic E-state index is 13.7. The van der Waals surface area contributed by atoms with Crippen LogP contribution in [0.5, 0.6) is 0 Å². The summed E-state index contributed by atoms with van der Waals surface area (Å²) in [5.41, 5.74) is 6.50. The van der Waals surface area contributed by atoms with Gasteiger partial charge in [0.15, 0.2) is 0 Å². The van der Waals surface area contributed by atoms with Gasteiger partial charge in [-0.05, 0) is 34.1 Å². The summed E-state index contributed by atoms with van der Waals surface area (Å²) in [4.78, 5) is 0.813. The van der Waals surface area contributed by atoms with Crippen LogP contribution in [0.2, 0.25) is 5.02 Å². The van der Waals surface area contributed by atoms with Crippen LogP contribution in [0.3, 0.4) is 0 Å². The summed E-state index contributed by atoms with van der Waals surface area (Å²) in [6.45, 7) is 0. The highest BCUT2D eigenvalue weighted by atomic mass is 79.9. The van der Waals surface area contributed by atoms with E-state index in [-0.39, 0.29) is 5.82 Å². The van der Waals surface area contributed by atoms with Crippen molar-refractivity contribution < 1.29 is 4.39 Å². The van der Waals surface area contributed by atoms with E-state index in [1.807, 2.05) is 0 Å². The van der Waals surface area contributed by atoms with Gasteiger partial charge in [-0.1, -0.05) is 33.6 Å². The molecule has 6 heteroatoms. The molecule has 1 atom stereocenters. The Morgan fingerprint density at radius 2 is 2.06 bits per heavy atom. The minimum Gasteiger partial charge on any atom is -0.319 e. The molecule has 0 spiro atoms. The molecule has 0 amide bonds. The molecule has 1 unspecified atom stereocenters. The summed E-state index contributed by atoms with van der Waals surface area (Å²) in [6, 6.07) is 6.01. The highest BCUT2D eigenvalue weighted by Crippen LogP contribution is 2.38. The van der Waals surface area contributed by atoms with E-state index in [2.05, 4.69) is 31.9 Å². The van der Waals surface area contributed by atoms with E-state index < -0.39 is 6.04 Å². The Kier molecular flexibility index (Phi) is 4.26. The molecule has 1 nitrogen and oxygen atoms in total. The first-order valence-corrected chi connectivity index (χ1v) is 7.43. The predicted octanol–water partition coefficient (Wildman–Crippen LogP) is 5.11. The fourth-order valence-corrected chi connectivity index (χ4v) is 3.81. The number of hydrogen-bond acceptors (Lipinski definition) is 2. The Hall–Kier alpha value is 0.0600. The Morgan fingerprint density at radius 1 is 1.35 bits per heavy atom. The van der Waals surface area contributed by atoms with Crippen molar-refractivity contribution in [2.45, 2.75) is 6.04 Å². The molecule has 2 rings (SSSR count).